The summed E-state index contributed by atoms with van der Waals surface area (Å²) in [6.07, 6.45) is 1.78. The van der Waals surface area contributed by atoms with E-state index in [2.05, 4.69) is 11.1 Å². The number of carbonyl (C=O) groups is 1. The topological polar surface area (TPSA) is 82.8 Å². The first-order chi connectivity index (χ1) is 17.4. The Hall–Kier alpha value is -4.04. The van der Waals surface area contributed by atoms with Crippen LogP contribution in [0.25, 0.3) is 17.0 Å². The van der Waals surface area contributed by atoms with Gasteiger partial charge in [0.2, 0.25) is 0 Å². The Labute approximate surface area is 211 Å². The van der Waals surface area contributed by atoms with Crippen LogP contribution in [-0.4, -0.2) is 29.2 Å². The Morgan fingerprint density at radius 1 is 1.11 bits per heavy atom. The number of ether oxygens (including phenoxy) is 2. The summed E-state index contributed by atoms with van der Waals surface area (Å²) in [4.78, 5) is 36.6. The molecule has 0 fully saturated rings. The Bertz CT molecular complexity index is 1700. The molecule has 2 aromatic heterocycles. The second kappa shape index (κ2) is 9.54. The predicted octanol–water partition coefficient (Wildman–Crippen LogP) is 3.66. The van der Waals surface area contributed by atoms with Crippen molar-refractivity contribution in [3.63, 3.8) is 0 Å². The molecule has 5 rings (SSSR count). The highest BCUT2D eigenvalue weighted by Crippen LogP contribution is 2.31. The summed E-state index contributed by atoms with van der Waals surface area (Å²) in [6, 6.07) is 16.6. The summed E-state index contributed by atoms with van der Waals surface area (Å²) >= 11 is 1.28. The van der Waals surface area contributed by atoms with Crippen LogP contribution in [0.2, 0.25) is 0 Å². The average molecular weight is 500 g/mol. The Kier molecular flexibility index (Phi) is 6.28. The van der Waals surface area contributed by atoms with E-state index in [0.29, 0.717) is 32.0 Å². The fourth-order valence-electron chi connectivity index (χ4n) is 4.37. The number of aromatic nitrogens is 2. The lowest BCUT2D eigenvalue weighted by Crippen LogP contribution is -2.39. The quantitative estimate of drug-likeness (QED) is 0.392. The first-order valence-corrected chi connectivity index (χ1v) is 12.4. The lowest BCUT2D eigenvalue weighted by atomic mass is 9.96. The van der Waals surface area contributed by atoms with E-state index in [1.54, 1.807) is 31.6 Å². The number of methoxy groups -OCH3 is 1. The van der Waals surface area contributed by atoms with Gasteiger partial charge in [0, 0.05) is 5.39 Å². The number of hydrogen-bond acceptors (Lipinski definition) is 7. The van der Waals surface area contributed by atoms with Crippen LogP contribution in [0.5, 0.6) is 5.75 Å². The van der Waals surface area contributed by atoms with Crippen molar-refractivity contribution >= 4 is 34.3 Å². The summed E-state index contributed by atoms with van der Waals surface area (Å²) < 4.78 is 12.7. The minimum atomic E-state index is -0.666. The first-order valence-electron chi connectivity index (χ1n) is 11.6. The second-order valence-electron chi connectivity index (χ2n) is 8.51. The van der Waals surface area contributed by atoms with Crippen LogP contribution in [0, 0.1) is 6.92 Å². The molecule has 1 atom stereocenters. The van der Waals surface area contributed by atoms with Crippen molar-refractivity contribution in [1.82, 2.24) is 9.55 Å². The van der Waals surface area contributed by atoms with Gasteiger partial charge in [-0.1, -0.05) is 41.2 Å². The number of esters is 1. The van der Waals surface area contributed by atoms with Crippen molar-refractivity contribution in [2.45, 2.75) is 26.8 Å². The number of rotatable bonds is 5. The SMILES string of the molecule is CCOC(=O)C1=C(C)N=c2s/c(=C\c3ccc4cc(C)ccc4n3)c(=O)n2[C@@H]1c1ccc(OC)cc1. The summed E-state index contributed by atoms with van der Waals surface area (Å²) in [5, 5.41) is 1.04. The van der Waals surface area contributed by atoms with Crippen molar-refractivity contribution in [1.29, 1.82) is 0 Å². The first kappa shape index (κ1) is 23.7. The van der Waals surface area contributed by atoms with Gasteiger partial charge in [-0.05, 0) is 62.7 Å². The van der Waals surface area contributed by atoms with Crippen LogP contribution in [-0.2, 0) is 9.53 Å². The molecule has 7 nitrogen and oxygen atoms in total. The molecule has 0 N–H and O–H groups in total. The molecule has 0 saturated heterocycles. The van der Waals surface area contributed by atoms with E-state index in [0.717, 1.165) is 22.0 Å². The highest BCUT2D eigenvalue weighted by Gasteiger charge is 2.33. The summed E-state index contributed by atoms with van der Waals surface area (Å²) in [6.45, 7) is 5.79. The number of aryl methyl sites for hydroxylation is 1. The van der Waals surface area contributed by atoms with Crippen LogP contribution >= 0.6 is 11.3 Å². The van der Waals surface area contributed by atoms with E-state index >= 15 is 0 Å². The zero-order valence-corrected chi connectivity index (χ0v) is 21.3. The van der Waals surface area contributed by atoms with E-state index in [-0.39, 0.29) is 12.2 Å². The lowest BCUT2D eigenvalue weighted by Gasteiger charge is -2.24. The molecule has 2 aromatic carbocycles. The molecule has 0 saturated carbocycles. The lowest BCUT2D eigenvalue weighted by molar-refractivity contribution is -0.139. The number of fused-ring (bicyclic) bond motifs is 2. The number of nitrogens with zero attached hydrogens (tertiary/aromatic N) is 3. The molecule has 36 heavy (non-hydrogen) atoms. The van der Waals surface area contributed by atoms with Crippen molar-refractivity contribution < 1.29 is 14.3 Å². The van der Waals surface area contributed by atoms with E-state index in [1.165, 1.54) is 11.3 Å². The number of thiazole rings is 1. The van der Waals surface area contributed by atoms with E-state index < -0.39 is 12.0 Å². The second-order valence-corrected chi connectivity index (χ2v) is 9.52. The molecular formula is C28H25N3O4S. The van der Waals surface area contributed by atoms with Gasteiger partial charge in [-0.25, -0.2) is 14.8 Å². The van der Waals surface area contributed by atoms with Gasteiger partial charge < -0.3 is 9.47 Å². The highest BCUT2D eigenvalue weighted by molar-refractivity contribution is 7.07. The third-order valence-corrected chi connectivity index (χ3v) is 7.08. The third-order valence-electron chi connectivity index (χ3n) is 6.09. The molecule has 0 unspecified atom stereocenters. The number of hydrogen-bond donors (Lipinski definition) is 0. The van der Waals surface area contributed by atoms with E-state index in [9.17, 15) is 9.59 Å². The molecule has 0 spiro atoms. The smallest absolute Gasteiger partial charge is 0.338 e. The largest absolute Gasteiger partial charge is 0.497 e. The standard InChI is InChI=1S/C28H25N3O4S/c1-5-35-27(33)24-17(3)29-28-31(25(24)18-8-11-21(34-4)12-9-18)26(32)23(36-28)15-20-10-7-19-14-16(2)6-13-22(19)30-20/h6-15,25H,5H2,1-4H3/b23-15-/t25-/m1/s1. The molecule has 4 aromatic rings. The molecule has 1 aliphatic rings. The molecule has 3 heterocycles. The predicted molar refractivity (Wildman–Crippen MR) is 140 cm³/mol. The fraction of sp³-hybridized carbons (Fsp3) is 0.214. The maximum atomic E-state index is 13.7. The molecule has 0 bridgehead atoms. The Morgan fingerprint density at radius 3 is 2.61 bits per heavy atom. The van der Waals surface area contributed by atoms with Crippen LogP contribution < -0.4 is 19.6 Å². The molecule has 0 radical (unpaired) electrons. The van der Waals surface area contributed by atoms with Gasteiger partial charge in [0.25, 0.3) is 5.56 Å². The molecular weight excluding hydrogens is 474 g/mol. The summed E-state index contributed by atoms with van der Waals surface area (Å²) in [5.41, 5.74) is 4.11. The number of benzene rings is 2. The zero-order chi connectivity index (χ0) is 25.4. The minimum absolute atomic E-state index is 0.225. The highest BCUT2D eigenvalue weighted by atomic mass is 32.1. The normalized spacial score (nSPS) is 15.6. The van der Waals surface area contributed by atoms with Gasteiger partial charge >= 0.3 is 5.97 Å². The molecule has 8 heteroatoms. The Morgan fingerprint density at radius 2 is 1.89 bits per heavy atom. The number of pyridine rings is 1. The van der Waals surface area contributed by atoms with Gasteiger partial charge in [0.05, 0.1) is 46.8 Å². The van der Waals surface area contributed by atoms with Crippen LogP contribution in [0.1, 0.15) is 36.7 Å². The fourth-order valence-corrected chi connectivity index (χ4v) is 5.40. The maximum Gasteiger partial charge on any atom is 0.338 e. The number of allylic oxidation sites excluding steroid dienone is 1. The van der Waals surface area contributed by atoms with Crippen LogP contribution in [0.15, 0.2) is 75.7 Å². The van der Waals surface area contributed by atoms with Crippen LogP contribution in [0.4, 0.5) is 0 Å². The maximum absolute atomic E-state index is 13.7. The van der Waals surface area contributed by atoms with Crippen molar-refractivity contribution in [2.75, 3.05) is 13.7 Å². The van der Waals surface area contributed by atoms with Gasteiger partial charge in [-0.2, -0.15) is 0 Å². The van der Waals surface area contributed by atoms with Gasteiger partial charge in [0.15, 0.2) is 4.80 Å². The molecule has 182 valence electrons. The van der Waals surface area contributed by atoms with Gasteiger partial charge in [-0.15, -0.1) is 0 Å². The van der Waals surface area contributed by atoms with Gasteiger partial charge in [0.1, 0.15) is 5.75 Å². The summed E-state index contributed by atoms with van der Waals surface area (Å²) in [7, 11) is 1.59. The van der Waals surface area contributed by atoms with Crippen molar-refractivity contribution in [3.05, 3.63) is 102 Å². The van der Waals surface area contributed by atoms with Gasteiger partial charge in [-0.3, -0.25) is 9.36 Å². The minimum Gasteiger partial charge on any atom is -0.497 e. The molecule has 1 aliphatic heterocycles. The van der Waals surface area contributed by atoms with E-state index in [1.807, 2.05) is 55.5 Å². The van der Waals surface area contributed by atoms with Crippen molar-refractivity contribution in [2.24, 2.45) is 4.99 Å². The monoisotopic (exact) mass is 499 g/mol. The van der Waals surface area contributed by atoms with Crippen LogP contribution in [0.3, 0.4) is 0 Å². The molecule has 0 amide bonds. The zero-order valence-electron chi connectivity index (χ0n) is 20.4. The number of carbonyl (C=O) groups excluding carboxylic acids is 1. The molecule has 0 aliphatic carbocycles. The average Bonchev–Trinajstić information content (AvgIpc) is 3.17. The van der Waals surface area contributed by atoms with E-state index in [4.69, 9.17) is 14.5 Å². The third kappa shape index (κ3) is 4.24. The summed E-state index contributed by atoms with van der Waals surface area (Å²) in [5.74, 6) is 0.197. The van der Waals surface area contributed by atoms with Crippen molar-refractivity contribution in [3.8, 4) is 5.75 Å². The Balaban J connectivity index is 1.68.